The molecule has 1 aliphatic rings. The first kappa shape index (κ1) is 28.5. The Hall–Kier alpha value is -3.48. The van der Waals surface area contributed by atoms with Crippen LogP contribution in [0.4, 0.5) is 23.2 Å². The number of carbonyl (C=O) groups is 2. The van der Waals surface area contributed by atoms with Crippen molar-refractivity contribution in [3.05, 3.63) is 94.3 Å². The first-order valence-electron chi connectivity index (χ1n) is 11.5. The van der Waals surface area contributed by atoms with Crippen LogP contribution in [-0.4, -0.2) is 37.8 Å². The highest BCUT2D eigenvalue weighted by Gasteiger charge is 2.38. The van der Waals surface area contributed by atoms with Gasteiger partial charge in [-0.1, -0.05) is 35.9 Å². The average molecular weight is 585 g/mol. The van der Waals surface area contributed by atoms with Gasteiger partial charge in [-0.2, -0.15) is 17.5 Å². The van der Waals surface area contributed by atoms with Gasteiger partial charge in [0.1, 0.15) is 5.82 Å². The summed E-state index contributed by atoms with van der Waals surface area (Å²) in [4.78, 5) is 24.8. The zero-order valence-electron chi connectivity index (χ0n) is 20.0. The number of sulfonamides is 1. The van der Waals surface area contributed by atoms with Gasteiger partial charge in [0.15, 0.2) is 6.61 Å². The number of fused-ring (bicyclic) bond motifs is 1. The average Bonchev–Trinajstić information content (AvgIpc) is 2.88. The molecule has 0 bridgehead atoms. The fourth-order valence-electron chi connectivity index (χ4n) is 4.25. The smallest absolute Gasteiger partial charge is 0.417 e. The predicted molar refractivity (Wildman–Crippen MR) is 134 cm³/mol. The molecular formula is C26H21ClF4N2O5S. The van der Waals surface area contributed by atoms with Crippen LogP contribution in [0, 0.1) is 5.82 Å². The van der Waals surface area contributed by atoms with E-state index in [4.69, 9.17) is 16.3 Å². The zero-order chi connectivity index (χ0) is 28.4. The van der Waals surface area contributed by atoms with E-state index in [1.807, 2.05) is 6.07 Å². The normalized spacial score (nSPS) is 15.9. The highest BCUT2D eigenvalue weighted by Crippen LogP contribution is 2.37. The molecule has 0 aliphatic carbocycles. The monoisotopic (exact) mass is 584 g/mol. The lowest BCUT2D eigenvalue weighted by molar-refractivity contribution is -0.148. The summed E-state index contributed by atoms with van der Waals surface area (Å²) < 4.78 is 85.5. The molecule has 1 aliphatic heterocycles. The largest absolute Gasteiger partial charge is 0.456 e. The highest BCUT2D eigenvalue weighted by molar-refractivity contribution is 7.89. The molecule has 0 saturated heterocycles. The molecule has 206 valence electrons. The fraction of sp³-hybridized carbons (Fsp3) is 0.231. The third-order valence-corrected chi connectivity index (χ3v) is 8.32. The number of benzene rings is 3. The number of amides is 1. The van der Waals surface area contributed by atoms with E-state index in [0.29, 0.717) is 18.1 Å². The number of hydrogen-bond acceptors (Lipinski definition) is 5. The van der Waals surface area contributed by atoms with Crippen LogP contribution in [-0.2, 0) is 36.9 Å². The van der Waals surface area contributed by atoms with Gasteiger partial charge in [-0.15, -0.1) is 0 Å². The molecule has 3 aromatic carbocycles. The van der Waals surface area contributed by atoms with Crippen LogP contribution in [0.15, 0.2) is 71.6 Å². The molecule has 3 aromatic rings. The Morgan fingerprint density at radius 3 is 2.44 bits per heavy atom. The third kappa shape index (κ3) is 6.57. The summed E-state index contributed by atoms with van der Waals surface area (Å²) in [6.07, 6.45) is -4.80. The molecule has 4 rings (SSSR count). The van der Waals surface area contributed by atoms with E-state index in [2.05, 4.69) is 5.32 Å². The first-order valence-corrected chi connectivity index (χ1v) is 13.4. The summed E-state index contributed by atoms with van der Waals surface area (Å²) in [5.41, 5.74) is 0.0708. The van der Waals surface area contributed by atoms with E-state index in [9.17, 15) is 35.6 Å². The Morgan fingerprint density at radius 2 is 1.74 bits per heavy atom. The molecule has 0 spiro atoms. The number of nitrogens with one attached hydrogen (secondary N) is 1. The standard InChI is InChI=1S/C26H21ClF4N2O5S/c27-22-10-7-18(13-21(22)26(29,30)31)32-24(34)15-38-25(35)14-23-20-4-2-1-3-16(20)11-12-33(23)39(36,37)19-8-5-17(28)6-9-19/h1-10,13,23H,11-12,14-15H2,(H,32,34)/t23-/m1/s1. The number of anilines is 1. The molecule has 0 aromatic heterocycles. The van der Waals surface area contributed by atoms with Crippen LogP contribution in [0.3, 0.4) is 0 Å². The van der Waals surface area contributed by atoms with Crippen LogP contribution >= 0.6 is 11.6 Å². The number of halogens is 5. The van der Waals surface area contributed by atoms with Crippen molar-refractivity contribution in [2.45, 2.75) is 30.0 Å². The maximum absolute atomic E-state index is 13.4. The molecule has 39 heavy (non-hydrogen) atoms. The van der Waals surface area contributed by atoms with Crippen molar-refractivity contribution in [3.63, 3.8) is 0 Å². The lowest BCUT2D eigenvalue weighted by Crippen LogP contribution is -2.41. The molecule has 0 unspecified atom stereocenters. The zero-order valence-corrected chi connectivity index (χ0v) is 21.6. The van der Waals surface area contributed by atoms with Crippen molar-refractivity contribution < 1.29 is 40.3 Å². The van der Waals surface area contributed by atoms with Crippen molar-refractivity contribution in [3.8, 4) is 0 Å². The quantitative estimate of drug-likeness (QED) is 0.298. The molecule has 1 heterocycles. The van der Waals surface area contributed by atoms with Crippen molar-refractivity contribution in [2.24, 2.45) is 0 Å². The van der Waals surface area contributed by atoms with Crippen LogP contribution in [0.1, 0.15) is 29.2 Å². The molecule has 7 nitrogen and oxygen atoms in total. The molecular weight excluding hydrogens is 564 g/mol. The number of nitrogens with zero attached hydrogens (tertiary/aromatic N) is 1. The van der Waals surface area contributed by atoms with E-state index in [1.165, 1.54) is 0 Å². The molecule has 0 saturated carbocycles. The van der Waals surface area contributed by atoms with Crippen molar-refractivity contribution >= 4 is 39.2 Å². The van der Waals surface area contributed by atoms with Crippen LogP contribution < -0.4 is 5.32 Å². The summed E-state index contributed by atoms with van der Waals surface area (Å²) in [7, 11) is -4.13. The van der Waals surface area contributed by atoms with E-state index in [0.717, 1.165) is 46.3 Å². The van der Waals surface area contributed by atoms with Gasteiger partial charge in [-0.05, 0) is 60.0 Å². The molecule has 1 amide bonds. The second-order valence-electron chi connectivity index (χ2n) is 8.64. The summed E-state index contributed by atoms with van der Waals surface area (Å²) in [6, 6.07) is 13.1. The number of rotatable bonds is 7. The van der Waals surface area contributed by atoms with Gasteiger partial charge in [0.2, 0.25) is 10.0 Å². The van der Waals surface area contributed by atoms with Gasteiger partial charge in [0.05, 0.1) is 27.9 Å². The Bertz CT molecular complexity index is 1500. The van der Waals surface area contributed by atoms with Gasteiger partial charge >= 0.3 is 12.1 Å². The van der Waals surface area contributed by atoms with Crippen molar-refractivity contribution in [1.29, 1.82) is 0 Å². The number of alkyl halides is 3. The van der Waals surface area contributed by atoms with E-state index < -0.39 is 63.5 Å². The third-order valence-electron chi connectivity index (χ3n) is 6.06. The number of esters is 1. The van der Waals surface area contributed by atoms with Crippen molar-refractivity contribution in [2.75, 3.05) is 18.5 Å². The van der Waals surface area contributed by atoms with Crippen LogP contribution in [0.25, 0.3) is 0 Å². The lowest BCUT2D eigenvalue weighted by atomic mass is 9.92. The Morgan fingerprint density at radius 1 is 1.05 bits per heavy atom. The fourth-order valence-corrected chi connectivity index (χ4v) is 6.08. The number of carbonyl (C=O) groups excluding carboxylic acids is 2. The summed E-state index contributed by atoms with van der Waals surface area (Å²) in [5, 5.41) is 1.66. The van der Waals surface area contributed by atoms with Crippen LogP contribution in [0.5, 0.6) is 0 Å². The second-order valence-corrected chi connectivity index (χ2v) is 10.9. The minimum atomic E-state index is -4.74. The Kier molecular flexibility index (Phi) is 8.28. The SMILES string of the molecule is O=C(COC(=O)C[C@@H]1c2ccccc2CCN1S(=O)(=O)c1ccc(F)cc1)Nc1ccc(Cl)c(C(F)(F)F)c1. The number of ether oxygens (including phenoxy) is 1. The molecule has 0 radical (unpaired) electrons. The molecule has 13 heteroatoms. The van der Waals surface area contributed by atoms with E-state index >= 15 is 0 Å². The maximum atomic E-state index is 13.4. The highest BCUT2D eigenvalue weighted by atomic mass is 35.5. The van der Waals surface area contributed by atoms with Gasteiger partial charge in [-0.3, -0.25) is 9.59 Å². The van der Waals surface area contributed by atoms with Crippen molar-refractivity contribution in [1.82, 2.24) is 4.31 Å². The molecule has 1 atom stereocenters. The van der Waals surface area contributed by atoms with E-state index in [1.54, 1.807) is 18.2 Å². The Balaban J connectivity index is 1.47. The maximum Gasteiger partial charge on any atom is 0.417 e. The number of hydrogen-bond donors (Lipinski definition) is 1. The summed E-state index contributed by atoms with van der Waals surface area (Å²) >= 11 is 5.57. The Labute approximate surface area is 226 Å². The van der Waals surface area contributed by atoms with Gasteiger partial charge < -0.3 is 10.1 Å². The van der Waals surface area contributed by atoms with Gasteiger partial charge in [-0.25, -0.2) is 12.8 Å². The second kappa shape index (κ2) is 11.3. The van der Waals surface area contributed by atoms with Gasteiger partial charge in [0.25, 0.3) is 5.91 Å². The first-order chi connectivity index (χ1) is 18.4. The minimum absolute atomic E-state index is 0.0489. The van der Waals surface area contributed by atoms with Crippen LogP contribution in [0.2, 0.25) is 5.02 Å². The van der Waals surface area contributed by atoms with E-state index in [-0.39, 0.29) is 17.1 Å². The summed E-state index contributed by atoms with van der Waals surface area (Å²) in [6.45, 7) is -0.769. The predicted octanol–water partition coefficient (Wildman–Crippen LogP) is 5.36. The molecule has 1 N–H and O–H groups in total. The lowest BCUT2D eigenvalue weighted by Gasteiger charge is -2.36. The summed E-state index contributed by atoms with van der Waals surface area (Å²) in [5.74, 6) is -2.42. The van der Waals surface area contributed by atoms with Gasteiger partial charge in [0, 0.05) is 12.2 Å². The molecule has 0 fully saturated rings. The topological polar surface area (TPSA) is 92.8 Å². The minimum Gasteiger partial charge on any atom is -0.456 e.